The molecule has 4 nitrogen and oxygen atoms in total. The number of nitrogens with one attached hydrogen (secondary N) is 2. The van der Waals surface area contributed by atoms with E-state index in [9.17, 15) is 9.18 Å². The van der Waals surface area contributed by atoms with Crippen LogP contribution in [0.4, 0.5) is 15.8 Å². The lowest BCUT2D eigenvalue weighted by Crippen LogP contribution is -2.22. The summed E-state index contributed by atoms with van der Waals surface area (Å²) in [4.78, 5) is 11.9. The van der Waals surface area contributed by atoms with E-state index in [1.54, 1.807) is 30.3 Å². The van der Waals surface area contributed by atoms with Crippen LogP contribution < -0.4 is 15.4 Å². The molecule has 23 heavy (non-hydrogen) atoms. The Bertz CT molecular complexity index is 646. The molecule has 0 heterocycles. The second kappa shape index (κ2) is 8.78. The summed E-state index contributed by atoms with van der Waals surface area (Å²) in [6, 6.07) is 13.5. The van der Waals surface area contributed by atoms with Crippen molar-refractivity contribution in [1.82, 2.24) is 0 Å². The summed E-state index contributed by atoms with van der Waals surface area (Å²) < 4.78 is 19.1. The van der Waals surface area contributed by atoms with Gasteiger partial charge in [0.15, 0.2) is 0 Å². The van der Waals surface area contributed by atoms with Gasteiger partial charge in [0, 0.05) is 11.8 Å². The van der Waals surface area contributed by atoms with Gasteiger partial charge in [-0.05, 0) is 30.7 Å². The molecule has 0 aliphatic carbocycles. The first kappa shape index (κ1) is 16.8. The van der Waals surface area contributed by atoms with E-state index < -0.39 is 0 Å². The Kier molecular flexibility index (Phi) is 6.41. The summed E-state index contributed by atoms with van der Waals surface area (Å²) in [6.45, 7) is 2.74. The Hall–Kier alpha value is -2.56. The molecule has 0 unspecified atom stereocenters. The van der Waals surface area contributed by atoms with E-state index in [1.807, 2.05) is 12.1 Å². The van der Waals surface area contributed by atoms with Gasteiger partial charge in [0.1, 0.15) is 11.6 Å². The van der Waals surface area contributed by atoms with Crippen LogP contribution in [0.25, 0.3) is 0 Å². The number of para-hydroxylation sites is 1. The molecule has 0 saturated carbocycles. The average Bonchev–Trinajstić information content (AvgIpc) is 2.55. The lowest BCUT2D eigenvalue weighted by Gasteiger charge is -2.10. The fourth-order valence-electron chi connectivity index (χ4n) is 1.98. The minimum absolute atomic E-state index is 0.0121. The smallest absolute Gasteiger partial charge is 0.243 e. The fraction of sp³-hybridized carbons (Fsp3) is 0.278. The van der Waals surface area contributed by atoms with Crippen LogP contribution in [0.3, 0.4) is 0 Å². The first-order chi connectivity index (χ1) is 11.2. The summed E-state index contributed by atoms with van der Waals surface area (Å²) in [5.74, 6) is 0.0869. The van der Waals surface area contributed by atoms with Crippen molar-refractivity contribution in [3.8, 4) is 5.75 Å². The highest BCUT2D eigenvalue weighted by molar-refractivity contribution is 5.93. The number of carbonyl (C=O) groups excluding carboxylic acids is 1. The van der Waals surface area contributed by atoms with E-state index >= 15 is 0 Å². The number of hydrogen-bond donors (Lipinski definition) is 2. The Balaban J connectivity index is 1.85. The predicted octanol–water partition coefficient (Wildman–Crippen LogP) is 4.06. The second-order valence-electron chi connectivity index (χ2n) is 5.11. The number of unbranched alkanes of at least 4 members (excludes halogenated alkanes) is 1. The third kappa shape index (κ3) is 5.62. The molecular formula is C18H21FN2O2. The number of anilines is 2. The van der Waals surface area contributed by atoms with Crippen molar-refractivity contribution in [3.63, 3.8) is 0 Å². The predicted molar refractivity (Wildman–Crippen MR) is 90.4 cm³/mol. The number of halogens is 1. The lowest BCUT2D eigenvalue weighted by molar-refractivity contribution is -0.114. The molecule has 0 fully saturated rings. The Labute approximate surface area is 135 Å². The van der Waals surface area contributed by atoms with Crippen LogP contribution in [0.2, 0.25) is 0 Å². The number of carbonyl (C=O) groups is 1. The second-order valence-corrected chi connectivity index (χ2v) is 5.11. The molecule has 1 amide bonds. The molecule has 2 aromatic carbocycles. The third-order valence-corrected chi connectivity index (χ3v) is 3.20. The van der Waals surface area contributed by atoms with E-state index in [0.717, 1.165) is 18.6 Å². The first-order valence-electron chi connectivity index (χ1n) is 7.70. The van der Waals surface area contributed by atoms with Crippen molar-refractivity contribution in [2.24, 2.45) is 0 Å². The molecule has 2 rings (SSSR count). The Morgan fingerprint density at radius 3 is 2.78 bits per heavy atom. The molecule has 0 bridgehead atoms. The highest BCUT2D eigenvalue weighted by atomic mass is 19.1. The van der Waals surface area contributed by atoms with Gasteiger partial charge in [0.2, 0.25) is 5.91 Å². The molecule has 2 aromatic rings. The molecular weight excluding hydrogens is 295 g/mol. The molecule has 0 atom stereocenters. The van der Waals surface area contributed by atoms with Gasteiger partial charge in [0.25, 0.3) is 0 Å². The minimum Gasteiger partial charge on any atom is -0.494 e. The van der Waals surface area contributed by atoms with E-state index in [2.05, 4.69) is 17.6 Å². The van der Waals surface area contributed by atoms with Gasteiger partial charge in [-0.25, -0.2) is 4.39 Å². The van der Waals surface area contributed by atoms with Crippen molar-refractivity contribution in [2.45, 2.75) is 19.8 Å². The van der Waals surface area contributed by atoms with Gasteiger partial charge in [-0.15, -0.1) is 0 Å². The van der Waals surface area contributed by atoms with Crippen LogP contribution in [0.1, 0.15) is 19.8 Å². The number of rotatable bonds is 8. The average molecular weight is 316 g/mol. The standard InChI is InChI=1S/C18H21FN2O2/c1-2-3-11-23-15-8-6-7-14(12-15)21-18(22)13-20-17-10-5-4-9-16(17)19/h4-10,12,20H,2-3,11,13H2,1H3,(H,21,22). The van der Waals surface area contributed by atoms with E-state index in [0.29, 0.717) is 18.0 Å². The van der Waals surface area contributed by atoms with Crippen LogP contribution in [0.5, 0.6) is 5.75 Å². The largest absolute Gasteiger partial charge is 0.494 e. The molecule has 122 valence electrons. The third-order valence-electron chi connectivity index (χ3n) is 3.20. The van der Waals surface area contributed by atoms with Crippen molar-refractivity contribution >= 4 is 17.3 Å². The molecule has 0 saturated heterocycles. The van der Waals surface area contributed by atoms with Gasteiger partial charge in [-0.1, -0.05) is 31.5 Å². The number of hydrogen-bond acceptors (Lipinski definition) is 3. The maximum atomic E-state index is 13.5. The summed E-state index contributed by atoms with van der Waals surface area (Å²) in [5.41, 5.74) is 0.957. The summed E-state index contributed by atoms with van der Waals surface area (Å²) in [5, 5.41) is 5.53. The van der Waals surface area contributed by atoms with Gasteiger partial charge < -0.3 is 15.4 Å². The van der Waals surface area contributed by atoms with Crippen molar-refractivity contribution < 1.29 is 13.9 Å². The molecule has 0 spiro atoms. The maximum absolute atomic E-state index is 13.5. The number of ether oxygens (including phenoxy) is 1. The Morgan fingerprint density at radius 2 is 2.00 bits per heavy atom. The van der Waals surface area contributed by atoms with Gasteiger partial charge in [0.05, 0.1) is 18.8 Å². The Morgan fingerprint density at radius 1 is 1.17 bits per heavy atom. The topological polar surface area (TPSA) is 50.4 Å². The van der Waals surface area contributed by atoms with Crippen LogP contribution in [0, 0.1) is 5.82 Å². The first-order valence-corrected chi connectivity index (χ1v) is 7.70. The normalized spacial score (nSPS) is 10.2. The van der Waals surface area contributed by atoms with Crippen molar-refractivity contribution in [1.29, 1.82) is 0 Å². The summed E-state index contributed by atoms with van der Waals surface area (Å²) in [7, 11) is 0. The van der Waals surface area contributed by atoms with Crippen LogP contribution in [0.15, 0.2) is 48.5 Å². The van der Waals surface area contributed by atoms with Gasteiger partial charge >= 0.3 is 0 Å². The van der Waals surface area contributed by atoms with E-state index in [4.69, 9.17) is 4.74 Å². The molecule has 0 aromatic heterocycles. The zero-order valence-electron chi connectivity index (χ0n) is 13.1. The molecule has 2 N–H and O–H groups in total. The molecule has 0 radical (unpaired) electrons. The molecule has 5 heteroatoms. The van der Waals surface area contributed by atoms with Crippen molar-refractivity contribution in [3.05, 3.63) is 54.3 Å². The number of benzene rings is 2. The van der Waals surface area contributed by atoms with E-state index in [-0.39, 0.29) is 18.3 Å². The highest BCUT2D eigenvalue weighted by Gasteiger charge is 2.05. The SMILES string of the molecule is CCCCOc1cccc(NC(=O)CNc2ccccc2F)c1. The van der Waals surface area contributed by atoms with Crippen LogP contribution in [-0.4, -0.2) is 19.1 Å². The van der Waals surface area contributed by atoms with Gasteiger partial charge in [-0.2, -0.15) is 0 Å². The maximum Gasteiger partial charge on any atom is 0.243 e. The highest BCUT2D eigenvalue weighted by Crippen LogP contribution is 2.18. The monoisotopic (exact) mass is 316 g/mol. The van der Waals surface area contributed by atoms with Gasteiger partial charge in [-0.3, -0.25) is 4.79 Å². The lowest BCUT2D eigenvalue weighted by atomic mass is 10.3. The summed E-state index contributed by atoms with van der Waals surface area (Å²) >= 11 is 0. The fourth-order valence-corrected chi connectivity index (χ4v) is 1.98. The van der Waals surface area contributed by atoms with E-state index in [1.165, 1.54) is 6.07 Å². The van der Waals surface area contributed by atoms with Crippen LogP contribution in [-0.2, 0) is 4.79 Å². The summed E-state index contributed by atoms with van der Waals surface area (Å²) in [6.07, 6.45) is 2.06. The van der Waals surface area contributed by atoms with Crippen LogP contribution >= 0.6 is 0 Å². The molecule has 0 aliphatic rings. The zero-order chi connectivity index (χ0) is 16.5. The molecule has 0 aliphatic heterocycles. The zero-order valence-corrected chi connectivity index (χ0v) is 13.1. The quantitative estimate of drug-likeness (QED) is 0.722. The number of amides is 1. The van der Waals surface area contributed by atoms with Crippen molar-refractivity contribution in [2.75, 3.05) is 23.8 Å². The minimum atomic E-state index is -0.383.